The molecule has 3 aromatic rings. The van der Waals surface area contributed by atoms with Crippen LogP contribution < -0.4 is 4.90 Å². The van der Waals surface area contributed by atoms with Gasteiger partial charge >= 0.3 is 0 Å². The third-order valence-corrected chi connectivity index (χ3v) is 5.21. The molecule has 4 rings (SSSR count). The number of amides is 1. The Balaban J connectivity index is 1.56. The van der Waals surface area contributed by atoms with Gasteiger partial charge in [0.15, 0.2) is 5.82 Å². The lowest BCUT2D eigenvalue weighted by atomic mass is 10.1. The van der Waals surface area contributed by atoms with E-state index in [1.807, 2.05) is 36.9 Å². The fourth-order valence-electron chi connectivity index (χ4n) is 3.52. The van der Waals surface area contributed by atoms with Crippen LogP contribution in [0.2, 0.25) is 0 Å². The SMILES string of the molecule is CCc1ccc(N2C[C@@H](c3noc(-c4cc(C)ccc4C)n3)CC2=O)cc1. The van der Waals surface area contributed by atoms with E-state index < -0.39 is 0 Å². The van der Waals surface area contributed by atoms with E-state index in [0.29, 0.717) is 24.7 Å². The molecule has 0 spiro atoms. The van der Waals surface area contributed by atoms with E-state index in [4.69, 9.17) is 4.52 Å². The Bertz CT molecular complexity index is 975. The molecule has 0 saturated carbocycles. The van der Waals surface area contributed by atoms with Gasteiger partial charge in [0.05, 0.1) is 0 Å². The molecule has 0 radical (unpaired) electrons. The number of anilines is 1. The third-order valence-electron chi connectivity index (χ3n) is 5.21. The highest BCUT2D eigenvalue weighted by Gasteiger charge is 2.34. The van der Waals surface area contributed by atoms with Crippen molar-refractivity contribution in [3.8, 4) is 11.5 Å². The molecule has 0 unspecified atom stereocenters. The van der Waals surface area contributed by atoms with Crippen molar-refractivity contribution in [2.45, 2.75) is 39.5 Å². The molecular weight excluding hydrogens is 338 g/mol. The Morgan fingerprint density at radius 2 is 1.93 bits per heavy atom. The quantitative estimate of drug-likeness (QED) is 0.689. The number of hydrogen-bond donors (Lipinski definition) is 0. The van der Waals surface area contributed by atoms with Crippen LogP contribution in [0.5, 0.6) is 0 Å². The molecule has 5 nitrogen and oxygen atoms in total. The predicted molar refractivity (Wildman–Crippen MR) is 105 cm³/mol. The molecule has 2 heterocycles. The van der Waals surface area contributed by atoms with E-state index in [9.17, 15) is 4.79 Å². The third kappa shape index (κ3) is 3.37. The minimum atomic E-state index is -0.0500. The molecule has 1 aliphatic heterocycles. The van der Waals surface area contributed by atoms with Crippen molar-refractivity contribution in [1.82, 2.24) is 10.1 Å². The lowest BCUT2D eigenvalue weighted by molar-refractivity contribution is -0.117. The molecule has 0 aliphatic carbocycles. The smallest absolute Gasteiger partial charge is 0.258 e. The van der Waals surface area contributed by atoms with Crippen molar-refractivity contribution in [2.24, 2.45) is 0 Å². The molecule has 0 bridgehead atoms. The van der Waals surface area contributed by atoms with Gasteiger partial charge in [0, 0.05) is 30.1 Å². The largest absolute Gasteiger partial charge is 0.334 e. The number of aromatic nitrogens is 2. The lowest BCUT2D eigenvalue weighted by Gasteiger charge is -2.16. The van der Waals surface area contributed by atoms with Gasteiger partial charge in [-0.1, -0.05) is 41.9 Å². The average molecular weight is 361 g/mol. The summed E-state index contributed by atoms with van der Waals surface area (Å²) in [7, 11) is 0. The summed E-state index contributed by atoms with van der Waals surface area (Å²) in [5.41, 5.74) is 5.38. The predicted octanol–water partition coefficient (Wildman–Crippen LogP) is 4.44. The number of carbonyl (C=O) groups is 1. The van der Waals surface area contributed by atoms with Gasteiger partial charge in [0.25, 0.3) is 5.89 Å². The van der Waals surface area contributed by atoms with Gasteiger partial charge in [-0.15, -0.1) is 0 Å². The Morgan fingerprint density at radius 3 is 2.67 bits per heavy atom. The molecule has 0 N–H and O–H groups in total. The van der Waals surface area contributed by atoms with Gasteiger partial charge in [-0.25, -0.2) is 0 Å². The summed E-state index contributed by atoms with van der Waals surface area (Å²) < 4.78 is 5.51. The van der Waals surface area contributed by atoms with Gasteiger partial charge in [-0.2, -0.15) is 4.98 Å². The van der Waals surface area contributed by atoms with E-state index in [1.165, 1.54) is 5.56 Å². The second-order valence-corrected chi connectivity index (χ2v) is 7.20. The van der Waals surface area contributed by atoms with Crippen LogP contribution in [0.15, 0.2) is 47.0 Å². The maximum atomic E-state index is 12.5. The van der Waals surface area contributed by atoms with Crippen molar-refractivity contribution in [2.75, 3.05) is 11.4 Å². The van der Waals surface area contributed by atoms with E-state index in [-0.39, 0.29) is 11.8 Å². The number of rotatable bonds is 4. The zero-order chi connectivity index (χ0) is 19.0. The minimum Gasteiger partial charge on any atom is -0.334 e. The number of nitrogens with zero attached hydrogens (tertiary/aromatic N) is 3. The highest BCUT2D eigenvalue weighted by atomic mass is 16.5. The summed E-state index contributed by atoms with van der Waals surface area (Å²) in [6, 6.07) is 14.3. The molecule has 1 saturated heterocycles. The first-order chi connectivity index (χ1) is 13.0. The number of aryl methyl sites for hydroxylation is 3. The number of hydrogen-bond acceptors (Lipinski definition) is 4. The molecule has 2 aromatic carbocycles. The van der Waals surface area contributed by atoms with E-state index in [0.717, 1.165) is 28.8 Å². The molecule has 1 fully saturated rings. The summed E-state index contributed by atoms with van der Waals surface area (Å²) in [6.07, 6.45) is 1.39. The Morgan fingerprint density at radius 1 is 1.15 bits per heavy atom. The van der Waals surface area contributed by atoms with Gasteiger partial charge < -0.3 is 9.42 Å². The van der Waals surface area contributed by atoms with Crippen LogP contribution in [0, 0.1) is 13.8 Å². The van der Waals surface area contributed by atoms with Crippen LogP contribution in [0.3, 0.4) is 0 Å². The van der Waals surface area contributed by atoms with Crippen LogP contribution in [-0.2, 0) is 11.2 Å². The normalized spacial score (nSPS) is 16.9. The molecule has 5 heteroatoms. The van der Waals surface area contributed by atoms with Crippen molar-refractivity contribution < 1.29 is 9.32 Å². The maximum absolute atomic E-state index is 12.5. The molecule has 1 aromatic heterocycles. The van der Waals surface area contributed by atoms with Crippen molar-refractivity contribution >= 4 is 11.6 Å². The number of carbonyl (C=O) groups excluding carboxylic acids is 1. The first kappa shape index (κ1) is 17.5. The van der Waals surface area contributed by atoms with E-state index >= 15 is 0 Å². The first-order valence-corrected chi connectivity index (χ1v) is 9.35. The molecule has 1 atom stereocenters. The highest BCUT2D eigenvalue weighted by molar-refractivity contribution is 5.96. The molecule has 1 amide bonds. The van der Waals surface area contributed by atoms with Crippen molar-refractivity contribution in [1.29, 1.82) is 0 Å². The average Bonchev–Trinajstić information content (AvgIpc) is 3.31. The zero-order valence-electron chi connectivity index (χ0n) is 15.9. The lowest BCUT2D eigenvalue weighted by Crippen LogP contribution is -2.24. The van der Waals surface area contributed by atoms with Gasteiger partial charge in [0.2, 0.25) is 5.91 Å². The first-order valence-electron chi connectivity index (χ1n) is 9.35. The molecule has 1 aliphatic rings. The van der Waals surface area contributed by atoms with Crippen molar-refractivity contribution in [3.63, 3.8) is 0 Å². The summed E-state index contributed by atoms with van der Waals surface area (Å²) in [5, 5.41) is 4.17. The van der Waals surface area contributed by atoms with Crippen LogP contribution in [0.4, 0.5) is 5.69 Å². The molecular formula is C22H23N3O2. The van der Waals surface area contributed by atoms with E-state index in [1.54, 1.807) is 0 Å². The van der Waals surface area contributed by atoms with Crippen LogP contribution in [-0.4, -0.2) is 22.6 Å². The van der Waals surface area contributed by atoms with Crippen LogP contribution >= 0.6 is 0 Å². The summed E-state index contributed by atoms with van der Waals surface area (Å²) in [5.74, 6) is 1.17. The van der Waals surface area contributed by atoms with Crippen LogP contribution in [0.1, 0.15) is 41.8 Å². The molecule has 27 heavy (non-hydrogen) atoms. The standard InChI is InChI=1S/C22H23N3O2/c1-4-16-7-9-18(10-8-16)25-13-17(12-20(25)26)21-23-22(27-24-21)19-11-14(2)5-6-15(19)3/h5-11,17H,4,12-13H2,1-3H3/t17-/m0/s1. The second-order valence-electron chi connectivity index (χ2n) is 7.20. The van der Waals surface area contributed by atoms with Crippen molar-refractivity contribution in [3.05, 3.63) is 65.0 Å². The summed E-state index contributed by atoms with van der Waals surface area (Å²) in [4.78, 5) is 18.9. The Labute approximate surface area is 159 Å². The summed E-state index contributed by atoms with van der Waals surface area (Å²) >= 11 is 0. The monoisotopic (exact) mass is 361 g/mol. The molecule has 138 valence electrons. The Hall–Kier alpha value is -2.95. The van der Waals surface area contributed by atoms with E-state index in [2.05, 4.69) is 41.3 Å². The summed E-state index contributed by atoms with van der Waals surface area (Å²) in [6.45, 7) is 6.77. The fourth-order valence-corrected chi connectivity index (χ4v) is 3.52. The highest BCUT2D eigenvalue weighted by Crippen LogP contribution is 2.32. The topological polar surface area (TPSA) is 59.2 Å². The minimum absolute atomic E-state index is 0.0500. The van der Waals surface area contributed by atoms with Gasteiger partial charge in [-0.3, -0.25) is 4.79 Å². The maximum Gasteiger partial charge on any atom is 0.258 e. The zero-order valence-corrected chi connectivity index (χ0v) is 15.9. The second kappa shape index (κ2) is 6.99. The van der Waals surface area contributed by atoms with Gasteiger partial charge in [-0.05, 0) is 49.6 Å². The van der Waals surface area contributed by atoms with Gasteiger partial charge in [0.1, 0.15) is 0 Å². The Kier molecular flexibility index (Phi) is 4.52. The fraction of sp³-hybridized carbons (Fsp3) is 0.318. The van der Waals surface area contributed by atoms with Crippen LogP contribution in [0.25, 0.3) is 11.5 Å². The number of benzene rings is 2.